The Morgan fingerprint density at radius 1 is 1.19 bits per heavy atom. The van der Waals surface area contributed by atoms with E-state index < -0.39 is 69.9 Å². The van der Waals surface area contributed by atoms with Crippen LogP contribution in [0, 0.1) is 23.4 Å². The van der Waals surface area contributed by atoms with Gasteiger partial charge in [-0.2, -0.15) is 0 Å². The Morgan fingerprint density at radius 2 is 1.84 bits per heavy atom. The fraction of sp³-hybridized carbons (Fsp3) is 0.480. The number of pyridine rings is 1. The van der Waals surface area contributed by atoms with Crippen molar-refractivity contribution in [3.05, 3.63) is 62.8 Å². The Bertz CT molecular complexity index is 1280. The summed E-state index contributed by atoms with van der Waals surface area (Å²) in [6.07, 6.45) is 2.36. The molecule has 200 valence electrons. The van der Waals surface area contributed by atoms with Crippen molar-refractivity contribution in [1.29, 1.82) is 0 Å². The lowest BCUT2D eigenvalue weighted by Crippen LogP contribution is -2.49. The van der Waals surface area contributed by atoms with Crippen LogP contribution < -0.4 is 10.7 Å². The van der Waals surface area contributed by atoms with E-state index in [1.165, 1.54) is 18.4 Å². The zero-order valence-corrected chi connectivity index (χ0v) is 20.6. The molecule has 3 N–H and O–H groups in total. The van der Waals surface area contributed by atoms with E-state index in [4.69, 9.17) is 4.74 Å². The van der Waals surface area contributed by atoms with Gasteiger partial charge >= 0.3 is 0 Å². The average molecular weight is 524 g/mol. The lowest BCUT2D eigenvalue weighted by atomic mass is 9.94. The molecule has 0 radical (unpaired) electrons. The van der Waals surface area contributed by atoms with Crippen molar-refractivity contribution < 1.29 is 37.7 Å². The van der Waals surface area contributed by atoms with Crippen molar-refractivity contribution in [2.45, 2.75) is 58.0 Å². The topological polar surface area (TPSA) is 121 Å². The molecule has 1 fully saturated rings. The molecule has 1 saturated heterocycles. The molecular formula is C25H28F3N3O6. The lowest BCUT2D eigenvalue weighted by molar-refractivity contribution is -0.186. The number of fused-ring (bicyclic) bond motifs is 4. The summed E-state index contributed by atoms with van der Waals surface area (Å²) in [5.74, 6) is -7.72. The van der Waals surface area contributed by atoms with Gasteiger partial charge in [-0.15, -0.1) is 0 Å². The van der Waals surface area contributed by atoms with Crippen LogP contribution in [0.15, 0.2) is 23.1 Å². The molecule has 1 aromatic carbocycles. The number of halogens is 3. The molecule has 12 heteroatoms. The van der Waals surface area contributed by atoms with E-state index in [0.29, 0.717) is 25.0 Å². The van der Waals surface area contributed by atoms with Gasteiger partial charge in [0.05, 0.1) is 12.6 Å². The smallest absolute Gasteiger partial charge is 0.274 e. The van der Waals surface area contributed by atoms with Crippen LogP contribution in [0.3, 0.4) is 0 Å². The highest BCUT2D eigenvalue weighted by atomic mass is 19.1. The molecule has 9 nitrogen and oxygen atoms in total. The first kappa shape index (κ1) is 26.7. The zero-order valence-electron chi connectivity index (χ0n) is 20.6. The number of hydrogen-bond acceptors (Lipinski definition) is 6. The quantitative estimate of drug-likeness (QED) is 0.501. The van der Waals surface area contributed by atoms with E-state index in [0.717, 1.165) is 6.20 Å². The van der Waals surface area contributed by atoms with Gasteiger partial charge in [0.25, 0.3) is 11.8 Å². The first-order valence-corrected chi connectivity index (χ1v) is 11.9. The SMILES string of the molecule is CC1CCC(COC(C)(C)O)C2CN1C(=O)c1c(O)c(=O)c(C(=O)NCc3c(F)cc(F)cc3F)cn12. The third-order valence-electron chi connectivity index (χ3n) is 6.87. The first-order chi connectivity index (χ1) is 17.3. The molecule has 2 amide bonds. The third kappa shape index (κ3) is 5.21. The minimum Gasteiger partial charge on any atom is -0.503 e. The van der Waals surface area contributed by atoms with Crippen molar-refractivity contribution >= 4 is 11.8 Å². The average Bonchev–Trinajstić information content (AvgIpc) is 2.94. The van der Waals surface area contributed by atoms with Crippen LogP contribution in [0.25, 0.3) is 0 Å². The number of benzene rings is 1. The summed E-state index contributed by atoms with van der Waals surface area (Å²) in [6.45, 7) is 4.47. The van der Waals surface area contributed by atoms with E-state index in [-0.39, 0.29) is 30.8 Å². The highest BCUT2D eigenvalue weighted by Gasteiger charge is 2.43. The number of rotatable bonds is 6. The fourth-order valence-corrected chi connectivity index (χ4v) is 4.83. The predicted octanol–water partition coefficient (Wildman–Crippen LogP) is 2.44. The van der Waals surface area contributed by atoms with Crippen LogP contribution in [-0.4, -0.2) is 56.5 Å². The minimum absolute atomic E-state index is 0.111. The second-order valence-electron chi connectivity index (χ2n) is 9.98. The van der Waals surface area contributed by atoms with Gasteiger partial charge in [0.15, 0.2) is 17.2 Å². The molecule has 0 spiro atoms. The highest BCUT2D eigenvalue weighted by molar-refractivity contribution is 5.99. The maximum Gasteiger partial charge on any atom is 0.274 e. The summed E-state index contributed by atoms with van der Waals surface area (Å²) in [5, 5.41) is 23.0. The van der Waals surface area contributed by atoms with E-state index in [9.17, 15) is 37.8 Å². The number of aromatic hydroxyl groups is 1. The molecule has 2 aromatic rings. The molecule has 37 heavy (non-hydrogen) atoms. The van der Waals surface area contributed by atoms with Crippen molar-refractivity contribution in [2.24, 2.45) is 5.92 Å². The number of ether oxygens (including phenoxy) is 1. The van der Waals surface area contributed by atoms with Crippen LogP contribution in [0.1, 0.15) is 66.1 Å². The summed E-state index contributed by atoms with van der Waals surface area (Å²) in [5.41, 5.74) is -2.53. The van der Waals surface area contributed by atoms with Crippen molar-refractivity contribution in [3.8, 4) is 5.75 Å². The number of aliphatic hydroxyl groups is 1. The highest BCUT2D eigenvalue weighted by Crippen LogP contribution is 2.38. The van der Waals surface area contributed by atoms with Gasteiger partial charge in [-0.05, 0) is 33.6 Å². The standard InChI is InChI=1S/C25H28F3N3O6/c1-12-4-5-13(11-37-25(2,3)36)19-10-30(12)24(35)20-22(33)21(32)16(9-31(19)20)23(34)29-8-15-17(27)6-14(26)7-18(15)28/h6-7,9,12-13,19,33,36H,4-5,8,10-11H2,1-3H3,(H,29,34). The van der Waals surface area contributed by atoms with Crippen LogP contribution in [0.2, 0.25) is 0 Å². The molecule has 2 aliphatic heterocycles. The fourth-order valence-electron chi connectivity index (χ4n) is 4.83. The minimum atomic E-state index is -1.41. The number of hydrogen-bond donors (Lipinski definition) is 3. The van der Waals surface area contributed by atoms with E-state index >= 15 is 0 Å². The van der Waals surface area contributed by atoms with E-state index in [1.807, 2.05) is 6.92 Å². The lowest BCUT2D eigenvalue weighted by Gasteiger charge is -2.39. The Kier molecular flexibility index (Phi) is 7.08. The Balaban J connectivity index is 1.70. The molecule has 2 aliphatic rings. The Morgan fingerprint density at radius 3 is 2.46 bits per heavy atom. The number of aromatic nitrogens is 1. The zero-order chi connectivity index (χ0) is 27.2. The second kappa shape index (κ2) is 9.82. The Labute approximate surface area is 210 Å². The van der Waals surface area contributed by atoms with E-state index in [1.54, 1.807) is 4.90 Å². The van der Waals surface area contributed by atoms with Gasteiger partial charge in [0, 0.05) is 48.9 Å². The van der Waals surface area contributed by atoms with Crippen LogP contribution in [-0.2, 0) is 11.3 Å². The van der Waals surface area contributed by atoms with Crippen molar-refractivity contribution in [2.75, 3.05) is 13.2 Å². The summed E-state index contributed by atoms with van der Waals surface area (Å²) in [7, 11) is 0. The van der Waals surface area contributed by atoms with E-state index in [2.05, 4.69) is 5.32 Å². The molecule has 4 rings (SSSR count). The molecule has 3 heterocycles. The summed E-state index contributed by atoms with van der Waals surface area (Å²) < 4.78 is 48.1. The number of amides is 2. The molecule has 0 aliphatic carbocycles. The van der Waals surface area contributed by atoms with Crippen LogP contribution >= 0.6 is 0 Å². The van der Waals surface area contributed by atoms with Gasteiger partial charge in [-0.1, -0.05) is 0 Å². The van der Waals surface area contributed by atoms with Gasteiger partial charge in [-0.25, -0.2) is 13.2 Å². The number of nitrogens with zero attached hydrogens (tertiary/aromatic N) is 2. The van der Waals surface area contributed by atoms with Gasteiger partial charge in [0.2, 0.25) is 5.43 Å². The molecule has 2 bridgehead atoms. The summed E-state index contributed by atoms with van der Waals surface area (Å²) in [4.78, 5) is 40.5. The largest absolute Gasteiger partial charge is 0.503 e. The van der Waals surface area contributed by atoms with Crippen LogP contribution in [0.5, 0.6) is 5.75 Å². The molecule has 3 atom stereocenters. The van der Waals surface area contributed by atoms with Crippen molar-refractivity contribution in [1.82, 2.24) is 14.8 Å². The molecular weight excluding hydrogens is 495 g/mol. The van der Waals surface area contributed by atoms with Crippen LogP contribution in [0.4, 0.5) is 13.2 Å². The normalized spacial score (nSPS) is 21.4. The maximum atomic E-state index is 14.0. The monoisotopic (exact) mass is 523 g/mol. The maximum absolute atomic E-state index is 14.0. The summed E-state index contributed by atoms with van der Waals surface area (Å²) >= 11 is 0. The first-order valence-electron chi connectivity index (χ1n) is 11.9. The number of carbonyl (C=O) groups excluding carboxylic acids is 2. The third-order valence-corrected chi connectivity index (χ3v) is 6.87. The van der Waals surface area contributed by atoms with Gasteiger partial charge in [0.1, 0.15) is 23.0 Å². The Hall–Kier alpha value is -3.38. The molecule has 0 saturated carbocycles. The molecule has 3 unspecified atom stereocenters. The summed E-state index contributed by atoms with van der Waals surface area (Å²) in [6, 6.07) is 0.244. The van der Waals surface area contributed by atoms with Gasteiger partial charge in [-0.3, -0.25) is 14.4 Å². The van der Waals surface area contributed by atoms with Crippen molar-refractivity contribution in [3.63, 3.8) is 0 Å². The van der Waals surface area contributed by atoms with Gasteiger partial charge < -0.3 is 29.7 Å². The molecule has 1 aromatic heterocycles. The second-order valence-corrected chi connectivity index (χ2v) is 9.98. The number of nitrogens with one attached hydrogen (secondary N) is 1. The predicted molar refractivity (Wildman–Crippen MR) is 124 cm³/mol. The number of carbonyl (C=O) groups is 2.